The molecule has 1 rings (SSSR count). The smallest absolute Gasteiger partial charge is 0.339 e. The van der Waals surface area contributed by atoms with Crippen molar-refractivity contribution in [1.82, 2.24) is 4.98 Å². The fourth-order valence-corrected chi connectivity index (χ4v) is 1.40. The second-order valence-electron chi connectivity index (χ2n) is 2.67. The van der Waals surface area contributed by atoms with Gasteiger partial charge in [0.2, 0.25) is 10.0 Å². The predicted octanol–water partition coefficient (Wildman–Crippen LogP) is -0.0943. The van der Waals surface area contributed by atoms with Crippen LogP contribution in [0, 0.1) is 0 Å². The molecule has 6 nitrogen and oxygen atoms in total. The summed E-state index contributed by atoms with van der Waals surface area (Å²) in [5, 5.41) is 4.88. The minimum absolute atomic E-state index is 0.0587. The average Bonchev–Trinajstić information content (AvgIpc) is 2.17. The maximum atomic E-state index is 11.2. The van der Waals surface area contributed by atoms with Crippen LogP contribution < -0.4 is 5.14 Å². The Hall–Kier alpha value is -1.47. The van der Waals surface area contributed by atoms with Crippen LogP contribution in [0.5, 0.6) is 0 Å². The summed E-state index contributed by atoms with van der Waals surface area (Å²) in [5.74, 6) is -0.629. The first-order chi connectivity index (χ1) is 6.95. The Morgan fingerprint density at radius 2 is 2.20 bits per heavy atom. The van der Waals surface area contributed by atoms with Crippen LogP contribution in [-0.4, -0.2) is 26.0 Å². The van der Waals surface area contributed by atoms with E-state index in [9.17, 15) is 13.2 Å². The van der Waals surface area contributed by atoms with Crippen molar-refractivity contribution >= 4 is 16.0 Å². The molecule has 82 valence electrons. The number of hydrogen-bond acceptors (Lipinski definition) is 5. The van der Waals surface area contributed by atoms with Gasteiger partial charge in [0.15, 0.2) is 0 Å². The van der Waals surface area contributed by atoms with Crippen LogP contribution in [0.2, 0.25) is 0 Å². The van der Waals surface area contributed by atoms with Crippen LogP contribution in [0.15, 0.2) is 23.4 Å². The average molecular weight is 230 g/mol. The number of nitrogens with zero attached hydrogens (tertiary/aromatic N) is 1. The predicted molar refractivity (Wildman–Crippen MR) is 51.6 cm³/mol. The number of pyridine rings is 1. The topological polar surface area (TPSA) is 99.3 Å². The Kier molecular flexibility index (Phi) is 3.38. The summed E-state index contributed by atoms with van der Waals surface area (Å²) in [6.07, 6.45) is 2.28. The zero-order valence-electron chi connectivity index (χ0n) is 8.00. The number of esters is 1. The van der Waals surface area contributed by atoms with Crippen LogP contribution in [0.1, 0.15) is 17.3 Å². The van der Waals surface area contributed by atoms with E-state index >= 15 is 0 Å². The molecule has 0 spiro atoms. The third kappa shape index (κ3) is 3.00. The third-order valence-corrected chi connectivity index (χ3v) is 2.43. The first kappa shape index (κ1) is 11.6. The van der Waals surface area contributed by atoms with Crippen molar-refractivity contribution in [2.75, 3.05) is 6.61 Å². The minimum atomic E-state index is -3.84. The van der Waals surface area contributed by atoms with Gasteiger partial charge in [-0.1, -0.05) is 0 Å². The molecule has 0 saturated heterocycles. The van der Waals surface area contributed by atoms with Gasteiger partial charge in [-0.15, -0.1) is 0 Å². The lowest BCUT2D eigenvalue weighted by Gasteiger charge is -2.02. The largest absolute Gasteiger partial charge is 0.462 e. The molecule has 0 saturated carbocycles. The standard InChI is InChI=1S/C8H10N2O4S/c1-2-14-8(11)6-3-7(5-10-4-6)15(9,12)13/h3-5H,2H2,1H3,(H2,9,12,13). The van der Waals surface area contributed by atoms with Crippen molar-refractivity contribution in [3.63, 3.8) is 0 Å². The summed E-state index contributed by atoms with van der Waals surface area (Å²) in [5.41, 5.74) is 0.0587. The Bertz CT molecular complexity index is 469. The number of rotatable bonds is 3. The maximum absolute atomic E-state index is 11.2. The van der Waals surface area contributed by atoms with Crippen LogP contribution in [-0.2, 0) is 14.8 Å². The van der Waals surface area contributed by atoms with Crippen molar-refractivity contribution in [2.45, 2.75) is 11.8 Å². The summed E-state index contributed by atoms with van der Waals surface area (Å²) in [6.45, 7) is 1.85. The number of sulfonamides is 1. The number of nitrogens with two attached hydrogens (primary N) is 1. The molecule has 15 heavy (non-hydrogen) atoms. The van der Waals surface area contributed by atoms with Crippen LogP contribution in [0.3, 0.4) is 0 Å². The fourth-order valence-electron chi connectivity index (χ4n) is 0.900. The van der Waals surface area contributed by atoms with Gasteiger partial charge in [0.1, 0.15) is 4.90 Å². The molecule has 0 amide bonds. The Labute approximate surface area is 87.1 Å². The molecule has 7 heteroatoms. The van der Waals surface area contributed by atoms with Gasteiger partial charge in [-0.2, -0.15) is 0 Å². The van der Waals surface area contributed by atoms with E-state index < -0.39 is 16.0 Å². The molecular weight excluding hydrogens is 220 g/mol. The summed E-state index contributed by atoms with van der Waals surface area (Å²) in [6, 6.07) is 1.13. The zero-order valence-corrected chi connectivity index (χ0v) is 8.82. The van der Waals surface area contributed by atoms with E-state index in [1.807, 2.05) is 0 Å². The molecule has 1 aromatic heterocycles. The van der Waals surface area contributed by atoms with E-state index in [-0.39, 0.29) is 17.1 Å². The highest BCUT2D eigenvalue weighted by Crippen LogP contribution is 2.08. The van der Waals surface area contributed by atoms with Crippen molar-refractivity contribution in [3.8, 4) is 0 Å². The van der Waals surface area contributed by atoms with Crippen molar-refractivity contribution in [2.24, 2.45) is 5.14 Å². The van der Waals surface area contributed by atoms with Crippen LogP contribution in [0.25, 0.3) is 0 Å². The van der Waals surface area contributed by atoms with E-state index in [1.165, 1.54) is 6.20 Å². The first-order valence-electron chi connectivity index (χ1n) is 4.10. The monoisotopic (exact) mass is 230 g/mol. The number of carbonyl (C=O) groups is 1. The minimum Gasteiger partial charge on any atom is -0.462 e. The molecule has 0 radical (unpaired) electrons. The highest BCUT2D eigenvalue weighted by atomic mass is 32.2. The normalized spacial score (nSPS) is 11.1. The molecule has 0 atom stereocenters. The lowest BCUT2D eigenvalue weighted by molar-refractivity contribution is 0.0525. The molecule has 0 fully saturated rings. The zero-order chi connectivity index (χ0) is 11.5. The second-order valence-corrected chi connectivity index (χ2v) is 4.24. The molecule has 0 aliphatic rings. The fraction of sp³-hybridized carbons (Fsp3) is 0.250. The molecule has 0 aromatic carbocycles. The molecule has 0 unspecified atom stereocenters. The van der Waals surface area contributed by atoms with Crippen LogP contribution >= 0.6 is 0 Å². The maximum Gasteiger partial charge on any atom is 0.339 e. The number of ether oxygens (including phenoxy) is 1. The first-order valence-corrected chi connectivity index (χ1v) is 5.64. The Morgan fingerprint density at radius 1 is 1.53 bits per heavy atom. The Balaban J connectivity index is 3.09. The molecule has 0 bridgehead atoms. The highest BCUT2D eigenvalue weighted by molar-refractivity contribution is 7.89. The van der Waals surface area contributed by atoms with E-state index in [0.29, 0.717) is 0 Å². The summed E-state index contributed by atoms with van der Waals surface area (Å²) >= 11 is 0. The lowest BCUT2D eigenvalue weighted by atomic mass is 10.3. The molecule has 2 N–H and O–H groups in total. The molecule has 1 heterocycles. The number of carbonyl (C=O) groups excluding carboxylic acids is 1. The highest BCUT2D eigenvalue weighted by Gasteiger charge is 2.13. The summed E-state index contributed by atoms with van der Waals surface area (Å²) < 4.78 is 26.6. The molecular formula is C8H10N2O4S. The van der Waals surface area contributed by atoms with Crippen LogP contribution in [0.4, 0.5) is 0 Å². The van der Waals surface area contributed by atoms with Gasteiger partial charge in [-0.05, 0) is 13.0 Å². The lowest BCUT2D eigenvalue weighted by Crippen LogP contribution is -2.14. The van der Waals surface area contributed by atoms with Gasteiger partial charge < -0.3 is 4.74 Å². The van der Waals surface area contributed by atoms with E-state index in [2.05, 4.69) is 9.72 Å². The quantitative estimate of drug-likeness (QED) is 0.731. The summed E-state index contributed by atoms with van der Waals surface area (Å²) in [7, 11) is -3.84. The van der Waals surface area contributed by atoms with Gasteiger partial charge in [-0.25, -0.2) is 18.4 Å². The van der Waals surface area contributed by atoms with E-state index in [4.69, 9.17) is 5.14 Å². The molecule has 0 aliphatic heterocycles. The van der Waals surface area contributed by atoms with Gasteiger partial charge >= 0.3 is 5.97 Å². The molecule has 1 aromatic rings. The van der Waals surface area contributed by atoms with Gasteiger partial charge in [-0.3, -0.25) is 4.98 Å². The number of hydrogen-bond donors (Lipinski definition) is 1. The molecule has 0 aliphatic carbocycles. The van der Waals surface area contributed by atoms with Gasteiger partial charge in [0.05, 0.1) is 12.2 Å². The Morgan fingerprint density at radius 3 is 2.73 bits per heavy atom. The van der Waals surface area contributed by atoms with Gasteiger partial charge in [0, 0.05) is 12.4 Å². The van der Waals surface area contributed by atoms with E-state index in [1.54, 1.807) is 6.92 Å². The number of aromatic nitrogens is 1. The van der Waals surface area contributed by atoms with Crippen molar-refractivity contribution in [1.29, 1.82) is 0 Å². The SMILES string of the molecule is CCOC(=O)c1cncc(S(N)(=O)=O)c1. The van der Waals surface area contributed by atoms with Crippen molar-refractivity contribution in [3.05, 3.63) is 24.0 Å². The second kappa shape index (κ2) is 4.37. The van der Waals surface area contributed by atoms with Gasteiger partial charge in [0.25, 0.3) is 0 Å². The summed E-state index contributed by atoms with van der Waals surface area (Å²) in [4.78, 5) is 14.6. The number of primary sulfonamides is 1. The van der Waals surface area contributed by atoms with E-state index in [0.717, 1.165) is 12.3 Å². The van der Waals surface area contributed by atoms with Crippen molar-refractivity contribution < 1.29 is 17.9 Å². The third-order valence-electron chi connectivity index (χ3n) is 1.55.